The van der Waals surface area contributed by atoms with Crippen LogP contribution in [0.5, 0.6) is 0 Å². The van der Waals surface area contributed by atoms with E-state index in [1.165, 1.54) is 18.2 Å². The number of nitrogens with one attached hydrogen (secondary N) is 2. The van der Waals surface area contributed by atoms with Gasteiger partial charge in [-0.25, -0.2) is 14.0 Å². The fraction of sp³-hybridized carbons (Fsp3) is 0.385. The van der Waals surface area contributed by atoms with E-state index < -0.39 is 23.9 Å². The van der Waals surface area contributed by atoms with E-state index >= 15 is 0 Å². The Morgan fingerprint density at radius 2 is 2.15 bits per heavy atom. The van der Waals surface area contributed by atoms with Crippen LogP contribution in [0.15, 0.2) is 18.2 Å². The third kappa shape index (κ3) is 5.05. The zero-order valence-corrected chi connectivity index (χ0v) is 11.7. The third-order valence-corrected chi connectivity index (χ3v) is 2.91. The van der Waals surface area contributed by atoms with Crippen LogP contribution in [0.4, 0.5) is 9.18 Å². The largest absolute Gasteiger partial charge is 0.480 e. The van der Waals surface area contributed by atoms with Gasteiger partial charge in [-0.1, -0.05) is 31.0 Å². The lowest BCUT2D eigenvalue weighted by molar-refractivity contribution is -0.139. The van der Waals surface area contributed by atoms with Crippen LogP contribution in [-0.2, 0) is 11.3 Å². The van der Waals surface area contributed by atoms with Gasteiger partial charge in [-0.05, 0) is 24.1 Å². The van der Waals surface area contributed by atoms with Gasteiger partial charge in [0, 0.05) is 6.54 Å². The lowest BCUT2D eigenvalue weighted by atomic mass is 10.2. The van der Waals surface area contributed by atoms with Gasteiger partial charge in [0.1, 0.15) is 11.9 Å². The Bertz CT molecular complexity index is 497. The molecule has 5 nitrogen and oxygen atoms in total. The second-order valence-corrected chi connectivity index (χ2v) is 4.66. The molecule has 1 atom stereocenters. The molecule has 1 rings (SSSR count). The molecule has 0 fully saturated rings. The summed E-state index contributed by atoms with van der Waals surface area (Å²) in [6.07, 6.45) is 0.996. The van der Waals surface area contributed by atoms with Crippen molar-refractivity contribution in [2.75, 3.05) is 0 Å². The van der Waals surface area contributed by atoms with Crippen molar-refractivity contribution < 1.29 is 19.1 Å². The van der Waals surface area contributed by atoms with E-state index in [-0.39, 0.29) is 11.6 Å². The van der Waals surface area contributed by atoms with Gasteiger partial charge in [0.2, 0.25) is 0 Å². The molecular formula is C13H16ClFN2O3. The Kier molecular flexibility index (Phi) is 6.24. The maximum absolute atomic E-state index is 12.9. The van der Waals surface area contributed by atoms with Crippen molar-refractivity contribution in [3.05, 3.63) is 34.6 Å². The number of hydrogen-bond acceptors (Lipinski definition) is 2. The van der Waals surface area contributed by atoms with Gasteiger partial charge in [-0.15, -0.1) is 0 Å². The molecule has 0 bridgehead atoms. The van der Waals surface area contributed by atoms with Crippen LogP contribution < -0.4 is 10.6 Å². The Labute approximate surface area is 121 Å². The normalized spacial score (nSPS) is 11.8. The Morgan fingerprint density at radius 1 is 1.45 bits per heavy atom. The number of carboxylic acid groups (broad SMARTS) is 1. The van der Waals surface area contributed by atoms with E-state index in [1.54, 1.807) is 0 Å². The highest BCUT2D eigenvalue weighted by atomic mass is 35.5. The second-order valence-electron chi connectivity index (χ2n) is 4.25. The molecule has 0 aliphatic rings. The first-order valence-corrected chi connectivity index (χ1v) is 6.53. The number of carbonyl (C=O) groups is 2. The summed E-state index contributed by atoms with van der Waals surface area (Å²) >= 11 is 5.62. The van der Waals surface area contributed by atoms with Crippen molar-refractivity contribution in [2.45, 2.75) is 32.4 Å². The topological polar surface area (TPSA) is 78.4 Å². The summed E-state index contributed by atoms with van der Waals surface area (Å²) in [7, 11) is 0. The minimum atomic E-state index is -1.08. The molecule has 0 saturated carbocycles. The molecule has 20 heavy (non-hydrogen) atoms. The standard InChI is InChI=1S/C13H16ClFN2O3/c1-2-3-11(12(18)19)17-13(20)16-7-8-4-5-10(15)9(14)6-8/h4-6,11H,2-3,7H2,1H3,(H,18,19)(H2,16,17,20)/t11-/m1/s1. The quantitative estimate of drug-likeness (QED) is 0.755. The van der Waals surface area contributed by atoms with Gasteiger partial charge >= 0.3 is 12.0 Å². The van der Waals surface area contributed by atoms with Gasteiger partial charge in [0.15, 0.2) is 0 Å². The summed E-state index contributed by atoms with van der Waals surface area (Å²) in [6.45, 7) is 1.96. The molecular weight excluding hydrogens is 287 g/mol. The molecule has 0 aliphatic heterocycles. The van der Waals surface area contributed by atoms with Crippen molar-refractivity contribution in [1.29, 1.82) is 0 Å². The summed E-state index contributed by atoms with van der Waals surface area (Å²) in [5, 5.41) is 13.7. The highest BCUT2D eigenvalue weighted by Gasteiger charge is 2.18. The number of halogens is 2. The average molecular weight is 303 g/mol. The summed E-state index contributed by atoms with van der Waals surface area (Å²) in [4.78, 5) is 22.4. The van der Waals surface area contributed by atoms with Crippen molar-refractivity contribution in [3.63, 3.8) is 0 Å². The number of benzene rings is 1. The van der Waals surface area contributed by atoms with Gasteiger partial charge in [0.05, 0.1) is 5.02 Å². The van der Waals surface area contributed by atoms with Crippen LogP contribution in [-0.4, -0.2) is 23.1 Å². The van der Waals surface area contributed by atoms with Crippen LogP contribution in [0.1, 0.15) is 25.3 Å². The third-order valence-electron chi connectivity index (χ3n) is 2.62. The lowest BCUT2D eigenvalue weighted by Gasteiger charge is -2.14. The molecule has 0 aromatic heterocycles. The molecule has 110 valence electrons. The smallest absolute Gasteiger partial charge is 0.326 e. The van der Waals surface area contributed by atoms with Gasteiger partial charge in [-0.2, -0.15) is 0 Å². The summed E-state index contributed by atoms with van der Waals surface area (Å²) in [5.74, 6) is -1.61. The average Bonchev–Trinajstić information content (AvgIpc) is 2.39. The van der Waals surface area contributed by atoms with E-state index in [4.69, 9.17) is 16.7 Å². The SMILES string of the molecule is CCC[C@@H](NC(=O)NCc1ccc(F)c(Cl)c1)C(=O)O. The first-order valence-electron chi connectivity index (χ1n) is 6.15. The summed E-state index contributed by atoms with van der Waals surface area (Å²) < 4.78 is 12.9. The molecule has 7 heteroatoms. The van der Waals surface area contributed by atoms with Crippen LogP contribution in [0.25, 0.3) is 0 Å². The van der Waals surface area contributed by atoms with Crippen LogP contribution in [0.3, 0.4) is 0 Å². The van der Waals surface area contributed by atoms with E-state index in [1.807, 2.05) is 6.92 Å². The highest BCUT2D eigenvalue weighted by Crippen LogP contribution is 2.15. The molecule has 0 aliphatic carbocycles. The zero-order valence-electron chi connectivity index (χ0n) is 11.0. The molecule has 3 N–H and O–H groups in total. The van der Waals surface area contributed by atoms with Crippen molar-refractivity contribution >= 4 is 23.6 Å². The van der Waals surface area contributed by atoms with Crippen molar-refractivity contribution in [3.8, 4) is 0 Å². The summed E-state index contributed by atoms with van der Waals surface area (Å²) in [6, 6.07) is 2.58. The Hall–Kier alpha value is -1.82. The number of amides is 2. The van der Waals surface area contributed by atoms with E-state index in [0.29, 0.717) is 18.4 Å². The molecule has 2 amide bonds. The number of hydrogen-bond donors (Lipinski definition) is 3. The van der Waals surface area contributed by atoms with E-state index in [0.717, 1.165) is 0 Å². The number of rotatable bonds is 6. The minimum Gasteiger partial charge on any atom is -0.480 e. The molecule has 0 unspecified atom stereocenters. The maximum atomic E-state index is 12.9. The fourth-order valence-corrected chi connectivity index (χ4v) is 1.79. The molecule has 0 spiro atoms. The van der Waals surface area contributed by atoms with Crippen LogP contribution in [0, 0.1) is 5.82 Å². The predicted octanol–water partition coefficient (Wildman–Crippen LogP) is 2.53. The van der Waals surface area contributed by atoms with E-state index in [2.05, 4.69) is 10.6 Å². The molecule has 0 heterocycles. The summed E-state index contributed by atoms with van der Waals surface area (Å²) in [5.41, 5.74) is 0.619. The maximum Gasteiger partial charge on any atom is 0.326 e. The molecule has 1 aromatic carbocycles. The second kappa shape index (κ2) is 7.69. The molecule has 0 saturated heterocycles. The first kappa shape index (κ1) is 16.2. The predicted molar refractivity (Wildman–Crippen MR) is 73.1 cm³/mol. The van der Waals surface area contributed by atoms with Gasteiger partial charge in [0.25, 0.3) is 0 Å². The highest BCUT2D eigenvalue weighted by molar-refractivity contribution is 6.30. The first-order chi connectivity index (χ1) is 9.43. The Morgan fingerprint density at radius 3 is 2.70 bits per heavy atom. The molecule has 1 aromatic rings. The number of carbonyl (C=O) groups excluding carboxylic acids is 1. The van der Waals surface area contributed by atoms with Crippen LogP contribution in [0.2, 0.25) is 5.02 Å². The molecule has 0 radical (unpaired) electrons. The Balaban J connectivity index is 2.50. The minimum absolute atomic E-state index is 0.0286. The van der Waals surface area contributed by atoms with Crippen LogP contribution >= 0.6 is 11.6 Å². The van der Waals surface area contributed by atoms with Gasteiger partial charge in [-0.3, -0.25) is 0 Å². The fourth-order valence-electron chi connectivity index (χ4n) is 1.59. The van der Waals surface area contributed by atoms with Gasteiger partial charge < -0.3 is 15.7 Å². The number of aliphatic carboxylic acids is 1. The lowest BCUT2D eigenvalue weighted by Crippen LogP contribution is -2.45. The van der Waals surface area contributed by atoms with Crippen molar-refractivity contribution in [1.82, 2.24) is 10.6 Å². The monoisotopic (exact) mass is 302 g/mol. The number of urea groups is 1. The zero-order chi connectivity index (χ0) is 15.1. The van der Waals surface area contributed by atoms with Crippen molar-refractivity contribution in [2.24, 2.45) is 0 Å². The number of carboxylic acids is 1. The van der Waals surface area contributed by atoms with E-state index in [9.17, 15) is 14.0 Å².